The lowest BCUT2D eigenvalue weighted by atomic mass is 10.0. The Morgan fingerprint density at radius 3 is 1.09 bits per heavy atom. The highest BCUT2D eigenvalue weighted by molar-refractivity contribution is 5.64. The van der Waals surface area contributed by atoms with Gasteiger partial charge in [-0.25, -0.2) is 0 Å². The van der Waals surface area contributed by atoms with Gasteiger partial charge in [-0.15, -0.1) is 0 Å². The van der Waals surface area contributed by atoms with Crippen LogP contribution in [-0.2, 0) is 0 Å². The molecule has 0 amide bonds. The highest BCUT2D eigenvalue weighted by atomic mass is 16.5. The average molecular weight is 482 g/mol. The second-order valence-electron chi connectivity index (χ2n) is 9.85. The first-order valence-corrected chi connectivity index (χ1v) is 14.3. The van der Waals surface area contributed by atoms with Crippen LogP contribution in [0, 0.1) is 0 Å². The molecule has 0 aliphatic rings. The molecule has 3 nitrogen and oxygen atoms in total. The molecule has 35 heavy (non-hydrogen) atoms. The molecular weight excluding hydrogens is 430 g/mol. The second-order valence-corrected chi connectivity index (χ2v) is 9.85. The Morgan fingerprint density at radius 1 is 0.457 bits per heavy atom. The van der Waals surface area contributed by atoms with Gasteiger partial charge in [0, 0.05) is 17.9 Å². The lowest BCUT2D eigenvalue weighted by molar-refractivity contribution is 0.415. The number of hydrogen-bond acceptors (Lipinski definition) is 3. The minimum atomic E-state index is 0.894. The zero-order valence-corrected chi connectivity index (χ0v) is 22.9. The Bertz CT molecular complexity index is 694. The molecule has 0 N–H and O–H groups in total. The summed E-state index contributed by atoms with van der Waals surface area (Å²) < 4.78 is 10.7. The third-order valence-corrected chi connectivity index (χ3v) is 7.00. The highest BCUT2D eigenvalue weighted by Gasteiger charge is 2.10. The van der Waals surface area contributed by atoms with Crippen molar-refractivity contribution in [3.05, 3.63) is 48.5 Å². The Hall–Kier alpha value is -2.16. The van der Waals surface area contributed by atoms with Crippen LogP contribution in [-0.4, -0.2) is 20.8 Å². The summed E-state index contributed by atoms with van der Waals surface area (Å²) in [6, 6.07) is 16.8. The van der Waals surface area contributed by atoms with Crippen LogP contribution in [0.1, 0.15) is 110 Å². The van der Waals surface area contributed by atoms with Gasteiger partial charge in [-0.3, -0.25) is 0 Å². The van der Waals surface area contributed by atoms with Crippen molar-refractivity contribution in [1.82, 2.24) is 0 Å². The molecule has 0 fully saturated rings. The van der Waals surface area contributed by atoms with E-state index in [1.54, 1.807) is 14.2 Å². The fourth-order valence-electron chi connectivity index (χ4n) is 4.75. The van der Waals surface area contributed by atoms with Crippen LogP contribution >= 0.6 is 0 Å². The maximum Gasteiger partial charge on any atom is 0.119 e. The molecule has 2 aromatic rings. The van der Waals surface area contributed by atoms with Crippen LogP contribution in [0.15, 0.2) is 48.5 Å². The van der Waals surface area contributed by atoms with Gasteiger partial charge in [-0.2, -0.15) is 0 Å². The maximum atomic E-state index is 5.34. The fourth-order valence-corrected chi connectivity index (χ4v) is 4.75. The maximum absolute atomic E-state index is 5.34. The lowest BCUT2D eigenvalue weighted by Gasteiger charge is -2.25. The molecule has 0 atom stereocenters. The number of nitrogens with zero attached hydrogens (tertiary/aromatic N) is 1. The predicted molar refractivity (Wildman–Crippen MR) is 153 cm³/mol. The van der Waals surface area contributed by atoms with Crippen LogP contribution in [0.4, 0.5) is 11.4 Å². The summed E-state index contributed by atoms with van der Waals surface area (Å²) in [7, 11) is 3.43. The largest absolute Gasteiger partial charge is 0.497 e. The third-order valence-electron chi connectivity index (χ3n) is 7.00. The zero-order chi connectivity index (χ0) is 25.0. The molecule has 0 aromatic heterocycles. The SMILES string of the molecule is CCCCCCCCCCCCCCCCCCN(c1ccc(OC)cc1)c1ccc(OC)cc1. The molecule has 2 aromatic carbocycles. The topological polar surface area (TPSA) is 21.7 Å². The van der Waals surface area contributed by atoms with Crippen LogP contribution in [0.2, 0.25) is 0 Å². The van der Waals surface area contributed by atoms with Crippen molar-refractivity contribution in [3.63, 3.8) is 0 Å². The molecule has 0 spiro atoms. The number of rotatable bonds is 21. The summed E-state index contributed by atoms with van der Waals surface area (Å²) in [5, 5.41) is 0. The molecule has 2 rings (SSSR count). The van der Waals surface area contributed by atoms with Crippen molar-refractivity contribution >= 4 is 11.4 Å². The van der Waals surface area contributed by atoms with Crippen molar-refractivity contribution in [3.8, 4) is 11.5 Å². The summed E-state index contributed by atoms with van der Waals surface area (Å²) in [5.41, 5.74) is 2.41. The van der Waals surface area contributed by atoms with Gasteiger partial charge >= 0.3 is 0 Å². The van der Waals surface area contributed by atoms with Gasteiger partial charge in [-0.1, -0.05) is 103 Å². The van der Waals surface area contributed by atoms with Gasteiger partial charge in [-0.05, 0) is 55.0 Å². The number of anilines is 2. The normalized spacial score (nSPS) is 10.9. The van der Waals surface area contributed by atoms with Gasteiger partial charge in [0.2, 0.25) is 0 Å². The molecule has 0 radical (unpaired) electrons. The molecular formula is C32H51NO2. The summed E-state index contributed by atoms with van der Waals surface area (Å²) in [5.74, 6) is 1.79. The first kappa shape index (κ1) is 29.1. The summed E-state index contributed by atoms with van der Waals surface area (Å²) in [6.07, 6.45) is 22.4. The smallest absolute Gasteiger partial charge is 0.119 e. The van der Waals surface area contributed by atoms with Crippen LogP contribution in [0.3, 0.4) is 0 Å². The number of hydrogen-bond donors (Lipinski definition) is 0. The molecule has 0 unspecified atom stereocenters. The summed E-state index contributed by atoms with van der Waals surface area (Å²) >= 11 is 0. The van der Waals surface area contributed by atoms with Gasteiger partial charge < -0.3 is 14.4 Å². The van der Waals surface area contributed by atoms with Gasteiger partial charge in [0.1, 0.15) is 11.5 Å². The average Bonchev–Trinajstić information content (AvgIpc) is 2.91. The van der Waals surface area contributed by atoms with Gasteiger partial charge in [0.25, 0.3) is 0 Å². The zero-order valence-electron chi connectivity index (χ0n) is 22.9. The molecule has 0 saturated carbocycles. The van der Waals surface area contributed by atoms with E-state index in [-0.39, 0.29) is 0 Å². The molecule has 0 heterocycles. The standard InChI is InChI=1S/C32H51NO2/c1-4-5-6-7-8-9-10-11-12-13-14-15-16-17-18-19-28-33(29-20-24-31(34-2)25-21-29)30-22-26-32(35-3)27-23-30/h20-27H,4-19,28H2,1-3H3. The molecule has 0 bridgehead atoms. The molecule has 0 aliphatic heterocycles. The van der Waals surface area contributed by atoms with Crippen molar-refractivity contribution in [1.29, 1.82) is 0 Å². The van der Waals surface area contributed by atoms with E-state index in [9.17, 15) is 0 Å². The minimum absolute atomic E-state index is 0.894. The summed E-state index contributed by atoms with van der Waals surface area (Å²) in [4.78, 5) is 2.41. The minimum Gasteiger partial charge on any atom is -0.497 e. The Balaban J connectivity index is 1.59. The van der Waals surface area contributed by atoms with E-state index >= 15 is 0 Å². The van der Waals surface area contributed by atoms with Crippen molar-refractivity contribution in [2.45, 2.75) is 110 Å². The summed E-state index contributed by atoms with van der Waals surface area (Å²) in [6.45, 7) is 3.32. The first-order valence-electron chi connectivity index (χ1n) is 14.3. The number of unbranched alkanes of at least 4 members (excludes halogenated alkanes) is 15. The first-order chi connectivity index (χ1) is 17.3. The molecule has 0 aliphatic carbocycles. The van der Waals surface area contributed by atoms with E-state index in [0.717, 1.165) is 18.0 Å². The van der Waals surface area contributed by atoms with E-state index in [0.29, 0.717) is 0 Å². The van der Waals surface area contributed by atoms with Crippen LogP contribution in [0.5, 0.6) is 11.5 Å². The quantitative estimate of drug-likeness (QED) is 0.166. The molecule has 196 valence electrons. The van der Waals surface area contributed by atoms with E-state index in [4.69, 9.17) is 9.47 Å². The van der Waals surface area contributed by atoms with Crippen LogP contribution in [0.25, 0.3) is 0 Å². The number of methoxy groups -OCH3 is 2. The van der Waals surface area contributed by atoms with Crippen LogP contribution < -0.4 is 14.4 Å². The van der Waals surface area contributed by atoms with Gasteiger partial charge in [0.05, 0.1) is 14.2 Å². The van der Waals surface area contributed by atoms with E-state index in [1.807, 2.05) is 24.3 Å². The Kier molecular flexibility index (Phi) is 15.8. The molecule has 0 saturated heterocycles. The third kappa shape index (κ3) is 12.4. The second kappa shape index (κ2) is 19.1. The number of ether oxygens (including phenoxy) is 2. The van der Waals surface area contributed by atoms with Crippen molar-refractivity contribution < 1.29 is 9.47 Å². The van der Waals surface area contributed by atoms with Gasteiger partial charge in [0.15, 0.2) is 0 Å². The van der Waals surface area contributed by atoms with E-state index in [1.165, 1.54) is 114 Å². The monoisotopic (exact) mass is 481 g/mol. The van der Waals surface area contributed by atoms with Crippen molar-refractivity contribution in [2.24, 2.45) is 0 Å². The highest BCUT2D eigenvalue weighted by Crippen LogP contribution is 2.29. The fraction of sp³-hybridized carbons (Fsp3) is 0.625. The predicted octanol–water partition coefficient (Wildman–Crippen LogP) is 10.1. The number of benzene rings is 2. The lowest BCUT2D eigenvalue weighted by Crippen LogP contribution is -2.18. The Morgan fingerprint density at radius 2 is 0.771 bits per heavy atom. The Labute approximate surface area is 216 Å². The van der Waals surface area contributed by atoms with E-state index < -0.39 is 0 Å². The molecule has 3 heteroatoms. The van der Waals surface area contributed by atoms with Crippen molar-refractivity contribution in [2.75, 3.05) is 25.7 Å². The van der Waals surface area contributed by atoms with E-state index in [2.05, 4.69) is 36.1 Å².